The van der Waals surface area contributed by atoms with Crippen molar-refractivity contribution in [2.24, 2.45) is 10.9 Å². The van der Waals surface area contributed by atoms with Gasteiger partial charge in [-0.1, -0.05) is 17.3 Å². The van der Waals surface area contributed by atoms with E-state index in [4.69, 9.17) is 15.7 Å². The Morgan fingerprint density at radius 2 is 2.26 bits per heavy atom. The molecule has 0 atom stereocenters. The maximum Gasteiger partial charge on any atom is 0.170 e. The molecule has 19 heavy (non-hydrogen) atoms. The van der Waals surface area contributed by atoms with Gasteiger partial charge < -0.3 is 15.7 Å². The van der Waals surface area contributed by atoms with Gasteiger partial charge in [-0.05, 0) is 26.0 Å². The van der Waals surface area contributed by atoms with Crippen molar-refractivity contribution in [2.45, 2.75) is 20.5 Å². The van der Waals surface area contributed by atoms with Crippen LogP contribution in [0.25, 0.3) is 0 Å². The number of hydrogen-bond acceptors (Lipinski definition) is 5. The highest BCUT2D eigenvalue weighted by molar-refractivity contribution is 7.11. The third kappa shape index (κ3) is 3.23. The average molecular weight is 277 g/mol. The standard InChI is InChI=1S/C13H15N3O2S/c1-8-9(2)19-12(15-8)7-18-11-5-3-4-10(6-11)13(14)16-17/h3-6,17H,7H2,1-2H3,(H2,14,16). The summed E-state index contributed by atoms with van der Waals surface area (Å²) in [6.07, 6.45) is 0. The number of nitrogens with zero attached hydrogens (tertiary/aromatic N) is 2. The van der Waals surface area contributed by atoms with Gasteiger partial charge in [-0.25, -0.2) is 4.98 Å². The van der Waals surface area contributed by atoms with E-state index < -0.39 is 0 Å². The van der Waals surface area contributed by atoms with Gasteiger partial charge in [-0.2, -0.15) is 0 Å². The van der Waals surface area contributed by atoms with Crippen LogP contribution in [0.4, 0.5) is 0 Å². The third-order valence-electron chi connectivity index (χ3n) is 2.67. The van der Waals surface area contributed by atoms with E-state index in [0.29, 0.717) is 17.9 Å². The van der Waals surface area contributed by atoms with E-state index in [9.17, 15) is 0 Å². The van der Waals surface area contributed by atoms with Gasteiger partial charge in [0.15, 0.2) is 5.84 Å². The lowest BCUT2D eigenvalue weighted by Crippen LogP contribution is -2.12. The van der Waals surface area contributed by atoms with Crippen LogP contribution >= 0.6 is 11.3 Å². The van der Waals surface area contributed by atoms with Crippen molar-refractivity contribution in [3.05, 3.63) is 45.4 Å². The van der Waals surface area contributed by atoms with Gasteiger partial charge in [-0.15, -0.1) is 11.3 Å². The van der Waals surface area contributed by atoms with E-state index in [1.165, 1.54) is 4.88 Å². The summed E-state index contributed by atoms with van der Waals surface area (Å²) in [6.45, 7) is 4.43. The molecule has 1 aromatic carbocycles. The molecule has 0 aliphatic carbocycles. The lowest BCUT2D eigenvalue weighted by Gasteiger charge is -2.05. The predicted molar refractivity (Wildman–Crippen MR) is 74.9 cm³/mol. The normalized spacial score (nSPS) is 11.6. The summed E-state index contributed by atoms with van der Waals surface area (Å²) < 4.78 is 5.65. The fourth-order valence-corrected chi connectivity index (χ4v) is 2.40. The summed E-state index contributed by atoms with van der Waals surface area (Å²) in [5.41, 5.74) is 7.18. The molecule has 0 saturated heterocycles. The molecule has 1 heterocycles. The Morgan fingerprint density at radius 1 is 1.47 bits per heavy atom. The molecule has 0 bridgehead atoms. The predicted octanol–water partition coefficient (Wildman–Crippen LogP) is 2.43. The Labute approximate surface area is 115 Å². The highest BCUT2D eigenvalue weighted by Crippen LogP contribution is 2.19. The Bertz CT molecular complexity index is 588. The first-order valence-electron chi connectivity index (χ1n) is 5.74. The summed E-state index contributed by atoms with van der Waals surface area (Å²) in [5.74, 6) is 0.723. The Hall–Kier alpha value is -2.08. The van der Waals surface area contributed by atoms with E-state index in [-0.39, 0.29) is 5.84 Å². The van der Waals surface area contributed by atoms with E-state index in [2.05, 4.69) is 10.1 Å². The van der Waals surface area contributed by atoms with Crippen molar-refractivity contribution >= 4 is 17.2 Å². The number of nitrogens with two attached hydrogens (primary N) is 1. The molecule has 2 rings (SSSR count). The molecular formula is C13H15N3O2S. The number of aromatic nitrogens is 1. The van der Waals surface area contributed by atoms with Crippen molar-refractivity contribution < 1.29 is 9.94 Å². The number of ether oxygens (including phenoxy) is 1. The first-order chi connectivity index (χ1) is 9.10. The van der Waals surface area contributed by atoms with Crippen molar-refractivity contribution in [3.8, 4) is 5.75 Å². The number of oxime groups is 1. The molecule has 0 aliphatic heterocycles. The van der Waals surface area contributed by atoms with Crippen molar-refractivity contribution in [1.29, 1.82) is 0 Å². The zero-order valence-electron chi connectivity index (χ0n) is 10.8. The van der Waals surface area contributed by atoms with Gasteiger partial charge in [0.2, 0.25) is 0 Å². The van der Waals surface area contributed by atoms with Gasteiger partial charge >= 0.3 is 0 Å². The first-order valence-corrected chi connectivity index (χ1v) is 6.55. The number of amidine groups is 1. The van der Waals surface area contributed by atoms with Crippen molar-refractivity contribution in [2.75, 3.05) is 0 Å². The Kier molecular flexibility index (Phi) is 4.01. The quantitative estimate of drug-likeness (QED) is 0.389. The second-order valence-electron chi connectivity index (χ2n) is 4.05. The monoisotopic (exact) mass is 277 g/mol. The van der Waals surface area contributed by atoms with Gasteiger partial charge in [0.05, 0.1) is 5.69 Å². The van der Waals surface area contributed by atoms with Crippen LogP contribution < -0.4 is 10.5 Å². The molecule has 5 nitrogen and oxygen atoms in total. The molecule has 0 radical (unpaired) electrons. The zero-order valence-corrected chi connectivity index (χ0v) is 11.6. The van der Waals surface area contributed by atoms with Crippen LogP contribution in [0, 0.1) is 13.8 Å². The number of aryl methyl sites for hydroxylation is 2. The highest BCUT2D eigenvalue weighted by Gasteiger charge is 2.05. The summed E-state index contributed by atoms with van der Waals surface area (Å²) in [4.78, 5) is 5.60. The molecule has 0 amide bonds. The SMILES string of the molecule is Cc1nc(COc2cccc(C(N)=NO)c2)sc1C. The summed E-state index contributed by atoms with van der Waals surface area (Å²) in [5, 5.41) is 12.5. The van der Waals surface area contributed by atoms with Crippen LogP contribution in [0.1, 0.15) is 21.1 Å². The largest absolute Gasteiger partial charge is 0.486 e. The fraction of sp³-hybridized carbons (Fsp3) is 0.231. The summed E-state index contributed by atoms with van der Waals surface area (Å²) in [6, 6.07) is 7.09. The van der Waals surface area contributed by atoms with Gasteiger partial charge in [0.25, 0.3) is 0 Å². The molecule has 6 heteroatoms. The molecule has 0 spiro atoms. The van der Waals surface area contributed by atoms with Crippen LogP contribution in [0.15, 0.2) is 29.4 Å². The van der Waals surface area contributed by atoms with Gasteiger partial charge in [0, 0.05) is 10.4 Å². The molecule has 0 saturated carbocycles. The maximum absolute atomic E-state index is 8.63. The minimum absolute atomic E-state index is 0.0615. The zero-order chi connectivity index (χ0) is 13.8. The molecule has 0 aliphatic rings. The molecular weight excluding hydrogens is 262 g/mol. The van der Waals surface area contributed by atoms with E-state index >= 15 is 0 Å². The summed E-state index contributed by atoms with van der Waals surface area (Å²) >= 11 is 1.62. The van der Waals surface area contributed by atoms with Gasteiger partial charge in [-0.3, -0.25) is 0 Å². The number of benzene rings is 1. The first kappa shape index (κ1) is 13.4. The molecule has 2 aromatic rings. The maximum atomic E-state index is 8.63. The lowest BCUT2D eigenvalue weighted by molar-refractivity contribution is 0.305. The van der Waals surface area contributed by atoms with E-state index in [0.717, 1.165) is 10.7 Å². The second-order valence-corrected chi connectivity index (χ2v) is 5.34. The highest BCUT2D eigenvalue weighted by atomic mass is 32.1. The second kappa shape index (κ2) is 5.71. The van der Waals surface area contributed by atoms with Crippen molar-refractivity contribution in [1.82, 2.24) is 4.98 Å². The lowest BCUT2D eigenvalue weighted by atomic mass is 10.2. The molecule has 0 fully saturated rings. The van der Waals surface area contributed by atoms with Crippen LogP contribution in [0.3, 0.4) is 0 Å². The minimum atomic E-state index is 0.0615. The third-order valence-corrected chi connectivity index (χ3v) is 3.72. The molecule has 3 N–H and O–H groups in total. The minimum Gasteiger partial charge on any atom is -0.486 e. The van der Waals surface area contributed by atoms with Crippen LogP contribution in [0.5, 0.6) is 5.75 Å². The van der Waals surface area contributed by atoms with Crippen LogP contribution in [-0.4, -0.2) is 16.0 Å². The Morgan fingerprint density at radius 3 is 2.89 bits per heavy atom. The topological polar surface area (TPSA) is 80.7 Å². The molecule has 1 aromatic heterocycles. The number of thiazole rings is 1. The fourth-order valence-electron chi connectivity index (χ4n) is 1.55. The molecule has 100 valence electrons. The number of hydrogen-bond donors (Lipinski definition) is 2. The van der Waals surface area contributed by atoms with E-state index in [1.54, 1.807) is 29.5 Å². The smallest absolute Gasteiger partial charge is 0.170 e. The van der Waals surface area contributed by atoms with Crippen molar-refractivity contribution in [3.63, 3.8) is 0 Å². The van der Waals surface area contributed by atoms with Gasteiger partial charge in [0.1, 0.15) is 17.4 Å². The van der Waals surface area contributed by atoms with Crippen LogP contribution in [-0.2, 0) is 6.61 Å². The number of rotatable bonds is 4. The summed E-state index contributed by atoms with van der Waals surface area (Å²) in [7, 11) is 0. The van der Waals surface area contributed by atoms with E-state index in [1.807, 2.05) is 19.9 Å². The Balaban J connectivity index is 2.07. The van der Waals surface area contributed by atoms with Crippen LogP contribution in [0.2, 0.25) is 0 Å². The molecule has 0 unspecified atom stereocenters. The average Bonchev–Trinajstić information content (AvgIpc) is 2.75.